The molecule has 0 bridgehead atoms. The van der Waals surface area contributed by atoms with Crippen LogP contribution in [0.3, 0.4) is 0 Å². The van der Waals surface area contributed by atoms with Crippen LogP contribution in [0.5, 0.6) is 5.75 Å². The predicted octanol–water partition coefficient (Wildman–Crippen LogP) is 5.33. The van der Waals surface area contributed by atoms with E-state index in [-0.39, 0.29) is 17.2 Å². The van der Waals surface area contributed by atoms with Gasteiger partial charge in [0, 0.05) is 29.7 Å². The second kappa shape index (κ2) is 9.30. The summed E-state index contributed by atoms with van der Waals surface area (Å²) in [7, 11) is 0. The number of carbonyl (C=O) groups excluding carboxylic acids is 1. The van der Waals surface area contributed by atoms with Gasteiger partial charge in [-0.05, 0) is 61.4 Å². The van der Waals surface area contributed by atoms with E-state index in [1.54, 1.807) is 24.4 Å². The molecular formula is C24H20ClFN4O3. The second-order valence-corrected chi connectivity index (χ2v) is 7.90. The summed E-state index contributed by atoms with van der Waals surface area (Å²) in [6.07, 6.45) is 1.69. The Labute approximate surface area is 193 Å². The van der Waals surface area contributed by atoms with Gasteiger partial charge in [-0.25, -0.2) is 14.2 Å². The number of urea groups is 1. The van der Waals surface area contributed by atoms with Crippen molar-refractivity contribution >= 4 is 34.7 Å². The Morgan fingerprint density at radius 2 is 1.79 bits per heavy atom. The molecule has 0 atom stereocenters. The number of aromatic nitrogens is 2. The van der Waals surface area contributed by atoms with Gasteiger partial charge in [-0.3, -0.25) is 9.20 Å². The van der Waals surface area contributed by atoms with E-state index in [9.17, 15) is 14.0 Å². The standard InChI is InChI=1S/C24H20ClFN4O3/c1-14-7-8-30-22(9-14)27-18(12-23(30)31)13-33-21-11-17(4-3-15(21)2)29-24(32)28-16-5-6-20(26)19(25)10-16/h3-12H,13H2,1-2H3,(H2,28,29,32). The van der Waals surface area contributed by atoms with Crippen molar-refractivity contribution in [3.8, 4) is 5.75 Å². The van der Waals surface area contributed by atoms with Gasteiger partial charge in [-0.2, -0.15) is 0 Å². The van der Waals surface area contributed by atoms with Crippen LogP contribution in [0, 0.1) is 19.7 Å². The third-order valence-corrected chi connectivity index (χ3v) is 5.16. The number of hydrogen-bond donors (Lipinski definition) is 2. The smallest absolute Gasteiger partial charge is 0.323 e. The molecule has 0 fully saturated rings. The Bertz CT molecular complexity index is 1420. The van der Waals surface area contributed by atoms with E-state index in [0.29, 0.717) is 28.5 Å². The lowest BCUT2D eigenvalue weighted by atomic mass is 10.2. The number of fused-ring (bicyclic) bond motifs is 1. The van der Waals surface area contributed by atoms with Crippen LogP contribution in [0.15, 0.2) is 65.6 Å². The Hall–Kier alpha value is -3.91. The molecule has 0 radical (unpaired) electrons. The number of anilines is 2. The molecule has 0 saturated carbocycles. The maximum atomic E-state index is 13.3. The Morgan fingerprint density at radius 3 is 2.55 bits per heavy atom. The number of aryl methyl sites for hydroxylation is 2. The zero-order valence-corrected chi connectivity index (χ0v) is 18.6. The molecule has 33 heavy (non-hydrogen) atoms. The first-order valence-corrected chi connectivity index (χ1v) is 10.4. The molecule has 0 saturated heterocycles. The van der Waals surface area contributed by atoms with Crippen molar-refractivity contribution in [1.29, 1.82) is 0 Å². The summed E-state index contributed by atoms with van der Waals surface area (Å²) in [4.78, 5) is 29.1. The SMILES string of the molecule is Cc1ccn2c(=O)cc(COc3cc(NC(=O)Nc4ccc(F)c(Cl)c4)ccc3C)nc2c1. The predicted molar refractivity (Wildman–Crippen MR) is 126 cm³/mol. The fourth-order valence-electron chi connectivity index (χ4n) is 3.18. The third kappa shape index (κ3) is 5.30. The maximum absolute atomic E-state index is 13.3. The van der Waals surface area contributed by atoms with Crippen LogP contribution in [0.4, 0.5) is 20.6 Å². The van der Waals surface area contributed by atoms with Gasteiger partial charge in [0.2, 0.25) is 0 Å². The van der Waals surface area contributed by atoms with Crippen molar-refractivity contribution < 1.29 is 13.9 Å². The number of halogens is 2. The van der Waals surface area contributed by atoms with Crippen molar-refractivity contribution in [3.05, 3.63) is 98.8 Å². The quantitative estimate of drug-likeness (QED) is 0.416. The Balaban J connectivity index is 1.46. The molecule has 0 unspecified atom stereocenters. The normalized spacial score (nSPS) is 10.8. The number of nitrogens with zero attached hydrogens (tertiary/aromatic N) is 2. The highest BCUT2D eigenvalue weighted by atomic mass is 35.5. The first-order chi connectivity index (χ1) is 15.8. The number of carbonyl (C=O) groups is 1. The van der Waals surface area contributed by atoms with Crippen LogP contribution in [0.25, 0.3) is 5.65 Å². The van der Waals surface area contributed by atoms with E-state index in [0.717, 1.165) is 11.1 Å². The van der Waals surface area contributed by atoms with E-state index >= 15 is 0 Å². The number of benzene rings is 2. The van der Waals surface area contributed by atoms with Crippen molar-refractivity contribution in [2.75, 3.05) is 10.6 Å². The minimum Gasteiger partial charge on any atom is -0.487 e. The van der Waals surface area contributed by atoms with Crippen LogP contribution in [-0.4, -0.2) is 15.4 Å². The van der Waals surface area contributed by atoms with Gasteiger partial charge in [0.15, 0.2) is 0 Å². The van der Waals surface area contributed by atoms with E-state index < -0.39 is 11.8 Å². The van der Waals surface area contributed by atoms with Crippen molar-refractivity contribution in [2.24, 2.45) is 0 Å². The number of hydrogen-bond acceptors (Lipinski definition) is 4. The van der Waals surface area contributed by atoms with Crippen LogP contribution < -0.4 is 20.9 Å². The summed E-state index contributed by atoms with van der Waals surface area (Å²) in [5.41, 5.74) is 3.54. The van der Waals surface area contributed by atoms with E-state index in [1.165, 1.54) is 28.7 Å². The summed E-state index contributed by atoms with van der Waals surface area (Å²) >= 11 is 5.74. The highest BCUT2D eigenvalue weighted by Gasteiger charge is 2.09. The summed E-state index contributed by atoms with van der Waals surface area (Å²) in [6.45, 7) is 3.88. The lowest BCUT2D eigenvalue weighted by Crippen LogP contribution is -2.19. The molecule has 0 aliphatic rings. The maximum Gasteiger partial charge on any atom is 0.323 e. The fourth-order valence-corrected chi connectivity index (χ4v) is 3.36. The second-order valence-electron chi connectivity index (χ2n) is 7.49. The van der Waals surface area contributed by atoms with Crippen molar-refractivity contribution in [1.82, 2.24) is 9.38 Å². The number of ether oxygens (including phenoxy) is 1. The highest BCUT2D eigenvalue weighted by Crippen LogP contribution is 2.24. The first-order valence-electron chi connectivity index (χ1n) is 10.0. The monoisotopic (exact) mass is 466 g/mol. The molecular weight excluding hydrogens is 447 g/mol. The molecule has 9 heteroatoms. The molecule has 168 valence electrons. The van der Waals surface area contributed by atoms with Gasteiger partial charge in [-0.1, -0.05) is 17.7 Å². The van der Waals surface area contributed by atoms with Crippen LogP contribution in [-0.2, 0) is 6.61 Å². The van der Waals surface area contributed by atoms with Crippen LogP contribution in [0.2, 0.25) is 5.02 Å². The number of nitrogens with one attached hydrogen (secondary N) is 2. The Kier molecular flexibility index (Phi) is 6.28. The molecule has 2 amide bonds. The molecule has 0 spiro atoms. The molecule has 7 nitrogen and oxygen atoms in total. The topological polar surface area (TPSA) is 84.7 Å². The molecule has 4 rings (SSSR count). The van der Waals surface area contributed by atoms with Gasteiger partial charge in [0.1, 0.15) is 23.8 Å². The summed E-state index contributed by atoms with van der Waals surface area (Å²) in [5.74, 6) is -0.0365. The summed E-state index contributed by atoms with van der Waals surface area (Å²) in [5, 5.41) is 5.20. The van der Waals surface area contributed by atoms with E-state index in [2.05, 4.69) is 15.6 Å². The molecule has 2 N–H and O–H groups in total. The van der Waals surface area contributed by atoms with E-state index in [1.807, 2.05) is 26.0 Å². The number of pyridine rings is 1. The summed E-state index contributed by atoms with van der Waals surface area (Å²) in [6, 6.07) is 13.7. The van der Waals surface area contributed by atoms with Gasteiger partial charge in [0.05, 0.1) is 10.7 Å². The van der Waals surface area contributed by atoms with Crippen LogP contribution >= 0.6 is 11.6 Å². The first kappa shape index (κ1) is 22.3. The Morgan fingerprint density at radius 1 is 1.06 bits per heavy atom. The molecule has 0 aliphatic carbocycles. The fraction of sp³-hybridized carbons (Fsp3) is 0.125. The molecule has 0 aliphatic heterocycles. The van der Waals surface area contributed by atoms with Gasteiger partial charge < -0.3 is 15.4 Å². The lowest BCUT2D eigenvalue weighted by Gasteiger charge is -2.13. The zero-order valence-electron chi connectivity index (χ0n) is 17.9. The number of amides is 2. The third-order valence-electron chi connectivity index (χ3n) is 4.87. The van der Waals surface area contributed by atoms with Gasteiger partial charge in [-0.15, -0.1) is 0 Å². The van der Waals surface area contributed by atoms with Crippen molar-refractivity contribution in [3.63, 3.8) is 0 Å². The van der Waals surface area contributed by atoms with Gasteiger partial charge >= 0.3 is 6.03 Å². The largest absolute Gasteiger partial charge is 0.487 e. The summed E-state index contributed by atoms with van der Waals surface area (Å²) < 4.78 is 20.6. The molecule has 2 aromatic carbocycles. The minimum atomic E-state index is -0.568. The molecule has 4 aromatic rings. The molecule has 2 aromatic heterocycles. The highest BCUT2D eigenvalue weighted by molar-refractivity contribution is 6.31. The van der Waals surface area contributed by atoms with Crippen LogP contribution in [0.1, 0.15) is 16.8 Å². The average molecular weight is 467 g/mol. The number of rotatable bonds is 5. The minimum absolute atomic E-state index is 0.0871. The lowest BCUT2D eigenvalue weighted by molar-refractivity contribution is 0.262. The zero-order chi connectivity index (χ0) is 23.5. The van der Waals surface area contributed by atoms with E-state index in [4.69, 9.17) is 16.3 Å². The van der Waals surface area contributed by atoms with Crippen molar-refractivity contribution in [2.45, 2.75) is 20.5 Å². The average Bonchev–Trinajstić information content (AvgIpc) is 2.76. The van der Waals surface area contributed by atoms with Gasteiger partial charge in [0.25, 0.3) is 5.56 Å². The molecule has 2 heterocycles.